The van der Waals surface area contributed by atoms with Crippen LogP contribution >= 0.6 is 0 Å². The number of nitrogens with zero attached hydrogens (tertiary/aromatic N) is 1. The smallest absolute Gasteiger partial charge is 0.273 e. The van der Waals surface area contributed by atoms with Crippen LogP contribution in [0.1, 0.15) is 28.0 Å². The Morgan fingerprint density at radius 2 is 2.12 bits per heavy atom. The number of hydrogen-bond donors (Lipinski definition) is 5. The normalized spacial score (nSPS) is 13.5. The summed E-state index contributed by atoms with van der Waals surface area (Å²) in [6.07, 6.45) is 3.12. The van der Waals surface area contributed by atoms with Gasteiger partial charge < -0.3 is 31.3 Å². The number of nitrogens with one attached hydrogen (secondary N) is 2. The Hall–Kier alpha value is -3.17. The van der Waals surface area contributed by atoms with E-state index < -0.39 is 23.9 Å². The molecule has 136 valence electrons. The Balaban J connectivity index is 1.75. The van der Waals surface area contributed by atoms with Gasteiger partial charge in [0.25, 0.3) is 5.91 Å². The molecule has 0 fully saturated rings. The molecule has 0 aliphatic carbocycles. The summed E-state index contributed by atoms with van der Waals surface area (Å²) < 4.78 is 5.07. The molecule has 1 aromatic carbocycles. The minimum atomic E-state index is -0.923. The Bertz CT molecular complexity index is 932. The van der Waals surface area contributed by atoms with E-state index in [1.165, 1.54) is 0 Å². The van der Waals surface area contributed by atoms with Crippen LogP contribution in [0.25, 0.3) is 10.9 Å². The molecule has 0 saturated carbocycles. The van der Waals surface area contributed by atoms with Crippen molar-refractivity contribution in [1.82, 2.24) is 15.3 Å². The molecule has 9 nitrogen and oxygen atoms in total. The van der Waals surface area contributed by atoms with Gasteiger partial charge in [0.15, 0.2) is 5.69 Å². The fraction of sp³-hybridized carbons (Fsp3) is 0.235. The molecular formula is C17H19N5O4. The van der Waals surface area contributed by atoms with Crippen molar-refractivity contribution < 1.29 is 19.1 Å². The van der Waals surface area contributed by atoms with Crippen molar-refractivity contribution in [2.24, 2.45) is 11.5 Å². The van der Waals surface area contributed by atoms with Crippen LogP contribution in [0, 0.1) is 0 Å². The SMILES string of the molecule is NC(=O)C(Cc1c[nH]c2ccccc12)NC(=O)c1coc(C(N)CO)n1. The quantitative estimate of drug-likeness (QED) is 0.399. The molecule has 0 bridgehead atoms. The first-order valence-corrected chi connectivity index (χ1v) is 7.96. The largest absolute Gasteiger partial charge is 0.446 e. The Morgan fingerprint density at radius 1 is 1.35 bits per heavy atom. The number of nitrogens with two attached hydrogens (primary N) is 2. The van der Waals surface area contributed by atoms with E-state index in [4.69, 9.17) is 21.0 Å². The second-order valence-corrected chi connectivity index (χ2v) is 5.85. The fourth-order valence-electron chi connectivity index (χ4n) is 2.62. The maximum absolute atomic E-state index is 12.3. The number of aliphatic hydroxyl groups is 1. The highest BCUT2D eigenvalue weighted by molar-refractivity contribution is 5.96. The number of hydrogen-bond acceptors (Lipinski definition) is 6. The number of primary amides is 1. The van der Waals surface area contributed by atoms with E-state index in [1.54, 1.807) is 6.20 Å². The van der Waals surface area contributed by atoms with Crippen molar-refractivity contribution in [3.63, 3.8) is 0 Å². The zero-order valence-electron chi connectivity index (χ0n) is 13.8. The van der Waals surface area contributed by atoms with E-state index >= 15 is 0 Å². The van der Waals surface area contributed by atoms with Gasteiger partial charge >= 0.3 is 0 Å². The first-order chi connectivity index (χ1) is 12.5. The average Bonchev–Trinajstić information content (AvgIpc) is 3.28. The van der Waals surface area contributed by atoms with Crippen LogP contribution in [0.15, 0.2) is 41.1 Å². The predicted octanol–water partition coefficient (Wildman–Crippen LogP) is -0.0256. The first kappa shape index (κ1) is 17.6. The first-order valence-electron chi connectivity index (χ1n) is 7.96. The standard InChI is InChI=1S/C17H19N5O4/c18-11(7-23)17-22-14(8-26-17)16(25)21-13(15(19)24)5-9-6-20-12-4-2-1-3-10(9)12/h1-4,6,8,11,13,20,23H,5,7,18H2,(H2,19,24)(H,21,25). The van der Waals surface area contributed by atoms with Gasteiger partial charge in [0.2, 0.25) is 11.8 Å². The summed E-state index contributed by atoms with van der Waals surface area (Å²) in [5.74, 6) is -1.25. The molecule has 3 aromatic rings. The highest BCUT2D eigenvalue weighted by atomic mass is 16.3. The third-order valence-corrected chi connectivity index (χ3v) is 4.02. The third kappa shape index (κ3) is 3.58. The van der Waals surface area contributed by atoms with Gasteiger partial charge in [0.1, 0.15) is 18.3 Å². The number of para-hydroxylation sites is 1. The monoisotopic (exact) mass is 357 g/mol. The van der Waals surface area contributed by atoms with Crippen LogP contribution in [0.3, 0.4) is 0 Å². The van der Waals surface area contributed by atoms with Gasteiger partial charge in [-0.15, -0.1) is 0 Å². The summed E-state index contributed by atoms with van der Waals surface area (Å²) in [6.45, 7) is -0.369. The van der Waals surface area contributed by atoms with Crippen LogP contribution in [0.2, 0.25) is 0 Å². The third-order valence-electron chi connectivity index (χ3n) is 4.02. The van der Waals surface area contributed by atoms with E-state index in [1.807, 2.05) is 24.3 Å². The van der Waals surface area contributed by atoms with Gasteiger partial charge in [0, 0.05) is 23.5 Å². The zero-order valence-corrected chi connectivity index (χ0v) is 13.8. The number of aromatic nitrogens is 2. The Morgan fingerprint density at radius 3 is 2.85 bits per heavy atom. The second kappa shape index (κ2) is 7.38. The van der Waals surface area contributed by atoms with E-state index in [2.05, 4.69) is 15.3 Å². The lowest BCUT2D eigenvalue weighted by molar-refractivity contribution is -0.119. The van der Waals surface area contributed by atoms with Gasteiger partial charge in [-0.05, 0) is 11.6 Å². The zero-order chi connectivity index (χ0) is 18.7. The molecule has 2 amide bonds. The molecule has 26 heavy (non-hydrogen) atoms. The molecule has 2 heterocycles. The van der Waals surface area contributed by atoms with Gasteiger partial charge in [-0.25, -0.2) is 4.98 Å². The Kier molecular flexibility index (Phi) is 5.01. The molecule has 0 saturated heterocycles. The lowest BCUT2D eigenvalue weighted by atomic mass is 10.0. The number of benzene rings is 1. The molecule has 2 aromatic heterocycles. The van der Waals surface area contributed by atoms with E-state index in [0.29, 0.717) is 0 Å². The van der Waals surface area contributed by atoms with Gasteiger partial charge in [-0.3, -0.25) is 9.59 Å². The molecule has 3 rings (SSSR count). The molecule has 9 heteroatoms. The highest BCUT2D eigenvalue weighted by Gasteiger charge is 2.23. The molecular weight excluding hydrogens is 338 g/mol. The number of aliphatic hydroxyl groups excluding tert-OH is 1. The summed E-state index contributed by atoms with van der Waals surface area (Å²) in [4.78, 5) is 31.1. The number of aromatic amines is 1. The highest BCUT2D eigenvalue weighted by Crippen LogP contribution is 2.19. The molecule has 0 spiro atoms. The molecule has 0 aliphatic heterocycles. The van der Waals surface area contributed by atoms with Gasteiger partial charge in [-0.1, -0.05) is 18.2 Å². The topological polar surface area (TPSA) is 160 Å². The number of oxazole rings is 1. The molecule has 2 atom stereocenters. The van der Waals surface area contributed by atoms with E-state index in [-0.39, 0.29) is 24.6 Å². The van der Waals surface area contributed by atoms with Gasteiger partial charge in [-0.2, -0.15) is 0 Å². The lowest BCUT2D eigenvalue weighted by Gasteiger charge is -2.14. The fourth-order valence-corrected chi connectivity index (χ4v) is 2.62. The van der Waals surface area contributed by atoms with Crippen molar-refractivity contribution in [3.8, 4) is 0 Å². The van der Waals surface area contributed by atoms with Crippen LogP contribution < -0.4 is 16.8 Å². The number of carbonyl (C=O) groups excluding carboxylic acids is 2. The van der Waals surface area contributed by atoms with Crippen LogP contribution in [-0.2, 0) is 11.2 Å². The molecule has 0 radical (unpaired) electrons. The van der Waals surface area contributed by atoms with Gasteiger partial charge in [0.05, 0.1) is 6.61 Å². The van der Waals surface area contributed by atoms with Crippen molar-refractivity contribution in [3.05, 3.63) is 53.9 Å². The van der Waals surface area contributed by atoms with Crippen molar-refractivity contribution >= 4 is 22.7 Å². The van der Waals surface area contributed by atoms with Crippen LogP contribution in [0.4, 0.5) is 0 Å². The second-order valence-electron chi connectivity index (χ2n) is 5.85. The van der Waals surface area contributed by atoms with Crippen LogP contribution in [-0.4, -0.2) is 39.5 Å². The summed E-state index contributed by atoms with van der Waals surface area (Å²) in [7, 11) is 0. The number of amides is 2. The summed E-state index contributed by atoms with van der Waals surface area (Å²) >= 11 is 0. The number of rotatable bonds is 7. The molecule has 2 unspecified atom stereocenters. The van der Waals surface area contributed by atoms with Crippen molar-refractivity contribution in [2.45, 2.75) is 18.5 Å². The van der Waals surface area contributed by atoms with E-state index in [0.717, 1.165) is 22.7 Å². The summed E-state index contributed by atoms with van der Waals surface area (Å²) in [5, 5.41) is 12.5. The maximum atomic E-state index is 12.3. The lowest BCUT2D eigenvalue weighted by Crippen LogP contribution is -2.46. The van der Waals surface area contributed by atoms with Crippen molar-refractivity contribution in [1.29, 1.82) is 0 Å². The number of fused-ring (bicyclic) bond motifs is 1. The summed E-state index contributed by atoms with van der Waals surface area (Å²) in [6, 6.07) is 5.87. The average molecular weight is 357 g/mol. The van der Waals surface area contributed by atoms with Crippen molar-refractivity contribution in [2.75, 3.05) is 6.61 Å². The number of carbonyl (C=O) groups is 2. The predicted molar refractivity (Wildman–Crippen MR) is 93.0 cm³/mol. The minimum Gasteiger partial charge on any atom is -0.446 e. The minimum absolute atomic E-state index is 0.0323. The molecule has 7 N–H and O–H groups in total. The number of H-pyrrole nitrogens is 1. The Labute approximate surface area is 148 Å². The summed E-state index contributed by atoms with van der Waals surface area (Å²) in [5.41, 5.74) is 12.8. The van der Waals surface area contributed by atoms with E-state index in [9.17, 15) is 9.59 Å². The maximum Gasteiger partial charge on any atom is 0.273 e. The van der Waals surface area contributed by atoms with Crippen LogP contribution in [0.5, 0.6) is 0 Å². The molecule has 0 aliphatic rings.